The number of nitrogens with zero attached hydrogens (tertiary/aromatic N) is 3. The molecular formula is C15H10ClFN4O. The van der Waals surface area contributed by atoms with E-state index in [2.05, 4.69) is 20.3 Å². The largest absolute Gasteiger partial charge is 0.505 e. The van der Waals surface area contributed by atoms with Crippen molar-refractivity contribution in [1.82, 2.24) is 15.0 Å². The molecule has 2 aromatic heterocycles. The molecule has 0 fully saturated rings. The number of anilines is 2. The van der Waals surface area contributed by atoms with E-state index in [9.17, 15) is 9.50 Å². The number of phenolic OH excluding ortho intramolecular Hbond substituents is 1. The lowest BCUT2D eigenvalue weighted by Gasteiger charge is -2.08. The second-order valence-electron chi connectivity index (χ2n) is 4.43. The smallest absolute Gasteiger partial charge is 0.166 e. The zero-order valence-corrected chi connectivity index (χ0v) is 11.9. The molecular weight excluding hydrogens is 307 g/mol. The van der Waals surface area contributed by atoms with Crippen LogP contribution in [-0.4, -0.2) is 20.1 Å². The SMILES string of the molecule is Oc1ccc(Nc2cc(Cl)nc(-c3cccnc3)n2)cc1F. The van der Waals surface area contributed by atoms with E-state index in [1.54, 1.807) is 18.5 Å². The van der Waals surface area contributed by atoms with E-state index in [0.717, 1.165) is 6.07 Å². The van der Waals surface area contributed by atoms with Gasteiger partial charge in [-0.05, 0) is 24.3 Å². The first-order chi connectivity index (χ1) is 10.6. The number of pyridine rings is 1. The van der Waals surface area contributed by atoms with Crippen LogP contribution < -0.4 is 5.32 Å². The Kier molecular flexibility index (Phi) is 3.84. The lowest BCUT2D eigenvalue weighted by Crippen LogP contribution is -1.98. The summed E-state index contributed by atoms with van der Waals surface area (Å²) in [6.45, 7) is 0. The van der Waals surface area contributed by atoms with Gasteiger partial charge in [0.15, 0.2) is 17.4 Å². The van der Waals surface area contributed by atoms with Crippen LogP contribution in [0.1, 0.15) is 0 Å². The Balaban J connectivity index is 1.94. The molecule has 3 aromatic rings. The van der Waals surface area contributed by atoms with E-state index in [1.165, 1.54) is 18.2 Å². The molecule has 5 nitrogen and oxygen atoms in total. The molecule has 0 unspecified atom stereocenters. The molecule has 2 heterocycles. The van der Waals surface area contributed by atoms with Gasteiger partial charge in [-0.1, -0.05) is 11.6 Å². The molecule has 3 rings (SSSR count). The van der Waals surface area contributed by atoms with Gasteiger partial charge in [-0.25, -0.2) is 14.4 Å². The van der Waals surface area contributed by atoms with Crippen LogP contribution in [0, 0.1) is 5.82 Å². The van der Waals surface area contributed by atoms with Gasteiger partial charge in [0.2, 0.25) is 0 Å². The van der Waals surface area contributed by atoms with Gasteiger partial charge in [-0.2, -0.15) is 0 Å². The van der Waals surface area contributed by atoms with E-state index in [1.807, 2.05) is 6.07 Å². The minimum absolute atomic E-state index is 0.246. The number of hydrogen-bond acceptors (Lipinski definition) is 5. The molecule has 0 aliphatic heterocycles. The van der Waals surface area contributed by atoms with Crippen LogP contribution in [0.3, 0.4) is 0 Å². The topological polar surface area (TPSA) is 70.9 Å². The predicted molar refractivity (Wildman–Crippen MR) is 81.6 cm³/mol. The first kappa shape index (κ1) is 14.2. The summed E-state index contributed by atoms with van der Waals surface area (Å²) in [4.78, 5) is 12.5. The van der Waals surface area contributed by atoms with Crippen molar-refractivity contribution < 1.29 is 9.50 Å². The zero-order chi connectivity index (χ0) is 15.5. The van der Waals surface area contributed by atoms with Gasteiger partial charge in [0.1, 0.15) is 11.0 Å². The summed E-state index contributed by atoms with van der Waals surface area (Å²) >= 11 is 6.00. The number of phenols is 1. The third kappa shape index (κ3) is 3.12. The maximum absolute atomic E-state index is 13.3. The molecule has 0 aliphatic carbocycles. The molecule has 0 atom stereocenters. The second-order valence-corrected chi connectivity index (χ2v) is 4.82. The summed E-state index contributed by atoms with van der Waals surface area (Å²) < 4.78 is 13.3. The highest BCUT2D eigenvalue weighted by Gasteiger charge is 2.08. The van der Waals surface area contributed by atoms with E-state index in [-0.39, 0.29) is 5.15 Å². The van der Waals surface area contributed by atoms with Crippen LogP contribution in [0.25, 0.3) is 11.4 Å². The minimum Gasteiger partial charge on any atom is -0.505 e. The molecule has 0 aliphatic rings. The van der Waals surface area contributed by atoms with Crippen LogP contribution in [0.4, 0.5) is 15.9 Å². The van der Waals surface area contributed by atoms with Crippen molar-refractivity contribution in [2.75, 3.05) is 5.32 Å². The van der Waals surface area contributed by atoms with Crippen molar-refractivity contribution in [1.29, 1.82) is 0 Å². The van der Waals surface area contributed by atoms with Crippen LogP contribution in [0.15, 0.2) is 48.8 Å². The summed E-state index contributed by atoms with van der Waals surface area (Å²) in [7, 11) is 0. The van der Waals surface area contributed by atoms with Crippen molar-refractivity contribution in [3.63, 3.8) is 0 Å². The summed E-state index contributed by atoms with van der Waals surface area (Å²) in [5.41, 5.74) is 1.15. The van der Waals surface area contributed by atoms with Crippen molar-refractivity contribution in [2.45, 2.75) is 0 Å². The Hall–Kier alpha value is -2.73. The van der Waals surface area contributed by atoms with Crippen molar-refractivity contribution in [3.05, 3.63) is 59.8 Å². The fourth-order valence-corrected chi connectivity index (χ4v) is 2.02. The maximum Gasteiger partial charge on any atom is 0.166 e. The lowest BCUT2D eigenvalue weighted by molar-refractivity contribution is 0.432. The number of halogens is 2. The molecule has 0 spiro atoms. The molecule has 0 amide bonds. The predicted octanol–water partition coefficient (Wildman–Crippen LogP) is 3.78. The Bertz CT molecular complexity index is 814. The standard InChI is InChI=1S/C15H10ClFN4O/c16-13-7-14(19-10-3-4-12(22)11(17)6-10)21-15(20-13)9-2-1-5-18-8-9/h1-8,22H,(H,19,20,21). The highest BCUT2D eigenvalue weighted by atomic mass is 35.5. The number of benzene rings is 1. The van der Waals surface area contributed by atoms with Gasteiger partial charge < -0.3 is 10.4 Å². The van der Waals surface area contributed by atoms with Crippen LogP contribution in [-0.2, 0) is 0 Å². The molecule has 110 valence electrons. The van der Waals surface area contributed by atoms with E-state index < -0.39 is 11.6 Å². The Morgan fingerprint density at radius 1 is 1.14 bits per heavy atom. The Morgan fingerprint density at radius 2 is 2.00 bits per heavy atom. The van der Waals surface area contributed by atoms with E-state index in [0.29, 0.717) is 22.9 Å². The summed E-state index contributed by atoms with van der Waals surface area (Å²) in [6.07, 6.45) is 3.27. The molecule has 0 saturated heterocycles. The van der Waals surface area contributed by atoms with Crippen LogP contribution in [0.2, 0.25) is 5.15 Å². The molecule has 0 radical (unpaired) electrons. The molecule has 2 N–H and O–H groups in total. The first-order valence-corrected chi connectivity index (χ1v) is 6.70. The monoisotopic (exact) mass is 316 g/mol. The molecule has 7 heteroatoms. The number of rotatable bonds is 3. The van der Waals surface area contributed by atoms with Gasteiger partial charge in [0.25, 0.3) is 0 Å². The van der Waals surface area contributed by atoms with Crippen molar-refractivity contribution in [3.8, 4) is 17.1 Å². The summed E-state index contributed by atoms with van der Waals surface area (Å²) in [5, 5.41) is 12.4. The van der Waals surface area contributed by atoms with Gasteiger partial charge in [0.05, 0.1) is 0 Å². The van der Waals surface area contributed by atoms with E-state index in [4.69, 9.17) is 11.6 Å². The molecule has 22 heavy (non-hydrogen) atoms. The van der Waals surface area contributed by atoms with Crippen LogP contribution >= 0.6 is 11.6 Å². The minimum atomic E-state index is -0.724. The van der Waals surface area contributed by atoms with Gasteiger partial charge in [-0.15, -0.1) is 0 Å². The summed E-state index contributed by atoms with van der Waals surface area (Å²) in [5.74, 6) is -0.328. The molecule has 1 aromatic carbocycles. The van der Waals surface area contributed by atoms with Gasteiger partial charge in [-0.3, -0.25) is 4.98 Å². The van der Waals surface area contributed by atoms with Crippen molar-refractivity contribution in [2.24, 2.45) is 0 Å². The number of nitrogens with one attached hydrogen (secondary N) is 1. The maximum atomic E-state index is 13.3. The van der Waals surface area contributed by atoms with Gasteiger partial charge in [0, 0.05) is 35.8 Å². The number of aromatic hydroxyl groups is 1. The third-order valence-electron chi connectivity index (χ3n) is 2.83. The lowest BCUT2D eigenvalue weighted by atomic mass is 10.2. The highest BCUT2D eigenvalue weighted by Crippen LogP contribution is 2.24. The first-order valence-electron chi connectivity index (χ1n) is 6.32. The average Bonchev–Trinajstić information content (AvgIpc) is 2.51. The second kappa shape index (κ2) is 5.95. The third-order valence-corrected chi connectivity index (χ3v) is 3.03. The fraction of sp³-hybridized carbons (Fsp3) is 0. The van der Waals surface area contributed by atoms with Crippen molar-refractivity contribution >= 4 is 23.1 Å². The van der Waals surface area contributed by atoms with Crippen LogP contribution in [0.5, 0.6) is 5.75 Å². The Labute approximate surface area is 130 Å². The zero-order valence-electron chi connectivity index (χ0n) is 11.2. The normalized spacial score (nSPS) is 10.5. The fourth-order valence-electron chi connectivity index (χ4n) is 1.84. The molecule has 0 saturated carbocycles. The number of aromatic nitrogens is 3. The van der Waals surface area contributed by atoms with E-state index >= 15 is 0 Å². The number of hydrogen-bond donors (Lipinski definition) is 2. The molecule has 0 bridgehead atoms. The quantitative estimate of drug-likeness (QED) is 0.568. The highest BCUT2D eigenvalue weighted by molar-refractivity contribution is 6.29. The van der Waals surface area contributed by atoms with Gasteiger partial charge >= 0.3 is 0 Å². The average molecular weight is 317 g/mol. The summed E-state index contributed by atoms with van der Waals surface area (Å²) in [6, 6.07) is 9.03. The Morgan fingerprint density at radius 3 is 2.73 bits per heavy atom.